The number of pyridine rings is 1. The maximum atomic E-state index is 12.1. The van der Waals surface area contributed by atoms with E-state index in [9.17, 15) is 9.59 Å². The third-order valence-electron chi connectivity index (χ3n) is 3.11. The smallest absolute Gasteiger partial charge is 0.353 e. The molecule has 2 heterocycles. The lowest BCUT2D eigenvalue weighted by Crippen LogP contribution is -2.29. The van der Waals surface area contributed by atoms with E-state index < -0.39 is 18.0 Å². The van der Waals surface area contributed by atoms with Crippen LogP contribution < -0.4 is 5.32 Å². The van der Waals surface area contributed by atoms with Crippen LogP contribution in [0.1, 0.15) is 6.42 Å². The highest BCUT2D eigenvalue weighted by Crippen LogP contribution is 2.22. The van der Waals surface area contributed by atoms with Crippen LogP contribution in [0.15, 0.2) is 41.7 Å². The van der Waals surface area contributed by atoms with Crippen molar-refractivity contribution in [3.05, 3.63) is 36.5 Å². The van der Waals surface area contributed by atoms with Gasteiger partial charge in [-0.1, -0.05) is 11.2 Å². The average Bonchev–Trinajstić information content (AvgIpc) is 2.98. The van der Waals surface area contributed by atoms with Gasteiger partial charge < -0.3 is 15.3 Å². The van der Waals surface area contributed by atoms with Crippen molar-refractivity contribution in [3.63, 3.8) is 0 Å². The number of nitrogens with zero attached hydrogens (tertiary/aromatic N) is 2. The Bertz CT molecular complexity index is 751. The van der Waals surface area contributed by atoms with E-state index in [4.69, 9.17) is 9.94 Å². The van der Waals surface area contributed by atoms with Crippen molar-refractivity contribution >= 4 is 34.2 Å². The normalized spacial score (nSPS) is 17.1. The Morgan fingerprint density at radius 3 is 2.90 bits per heavy atom. The van der Waals surface area contributed by atoms with Gasteiger partial charge in [0, 0.05) is 18.0 Å². The second-order valence-corrected chi connectivity index (χ2v) is 4.51. The van der Waals surface area contributed by atoms with E-state index in [1.54, 1.807) is 24.4 Å². The van der Waals surface area contributed by atoms with Crippen LogP contribution in [0.4, 0.5) is 5.69 Å². The Morgan fingerprint density at radius 1 is 1.29 bits per heavy atom. The highest BCUT2D eigenvalue weighted by Gasteiger charge is 2.31. The average molecular weight is 285 g/mol. The zero-order valence-corrected chi connectivity index (χ0v) is 10.8. The summed E-state index contributed by atoms with van der Waals surface area (Å²) in [5.41, 5.74) is 1.19. The van der Waals surface area contributed by atoms with E-state index >= 15 is 0 Å². The third kappa shape index (κ3) is 2.53. The number of carbonyl (C=O) groups excluding carboxylic acids is 1. The number of hydrogen-bond acceptors (Lipinski definition) is 5. The van der Waals surface area contributed by atoms with Crippen molar-refractivity contribution < 1.29 is 19.5 Å². The number of hydrogen-bond donors (Lipinski definition) is 2. The number of carbonyl (C=O) groups is 2. The van der Waals surface area contributed by atoms with Gasteiger partial charge in [0.05, 0.1) is 11.2 Å². The maximum Gasteiger partial charge on any atom is 0.353 e. The van der Waals surface area contributed by atoms with Crippen LogP contribution in [0.2, 0.25) is 0 Å². The molecular weight excluding hydrogens is 274 g/mol. The van der Waals surface area contributed by atoms with E-state index in [1.807, 2.05) is 12.1 Å². The monoisotopic (exact) mass is 285 g/mol. The molecule has 0 bridgehead atoms. The zero-order chi connectivity index (χ0) is 14.8. The summed E-state index contributed by atoms with van der Waals surface area (Å²) in [7, 11) is 0. The number of aromatic nitrogens is 1. The standard InChI is InChI=1S/C14H11N3O4/c18-13(12-7-11(14(19)20)17-21-12)16-10-5-1-4-9-8(10)3-2-6-15-9/h1-6,12H,7H2,(H,16,18)(H,19,20). The SMILES string of the molecule is O=C(O)C1=NOC(C(=O)Nc2cccc3ncccc23)C1. The molecule has 1 amide bonds. The van der Waals surface area contributed by atoms with Crippen LogP contribution >= 0.6 is 0 Å². The summed E-state index contributed by atoms with van der Waals surface area (Å²) in [6, 6.07) is 8.97. The van der Waals surface area contributed by atoms with Crippen LogP contribution in [0, 0.1) is 0 Å². The third-order valence-corrected chi connectivity index (χ3v) is 3.11. The first-order chi connectivity index (χ1) is 10.1. The number of aliphatic carboxylic acids is 1. The first kappa shape index (κ1) is 13.0. The largest absolute Gasteiger partial charge is 0.477 e. The number of carboxylic acids is 1. The minimum absolute atomic E-state index is 0.0514. The number of anilines is 1. The van der Waals surface area contributed by atoms with Gasteiger partial charge in [-0.15, -0.1) is 0 Å². The van der Waals surface area contributed by atoms with Gasteiger partial charge >= 0.3 is 5.97 Å². The van der Waals surface area contributed by atoms with Crippen molar-refractivity contribution in [2.24, 2.45) is 5.16 Å². The Kier molecular flexibility index (Phi) is 3.23. The number of oxime groups is 1. The molecule has 1 aromatic carbocycles. The molecule has 0 fully saturated rings. The predicted molar refractivity (Wildman–Crippen MR) is 74.9 cm³/mol. The van der Waals surface area contributed by atoms with Crippen LogP contribution in [0.25, 0.3) is 10.9 Å². The summed E-state index contributed by atoms with van der Waals surface area (Å²) in [6.07, 6.45) is 0.688. The minimum Gasteiger partial charge on any atom is -0.477 e. The quantitative estimate of drug-likeness (QED) is 0.887. The van der Waals surface area contributed by atoms with Crippen LogP contribution in [-0.2, 0) is 14.4 Å². The van der Waals surface area contributed by atoms with Crippen molar-refractivity contribution in [2.75, 3.05) is 5.32 Å². The highest BCUT2D eigenvalue weighted by molar-refractivity contribution is 6.36. The van der Waals surface area contributed by atoms with E-state index in [2.05, 4.69) is 15.5 Å². The molecule has 0 aliphatic carbocycles. The zero-order valence-electron chi connectivity index (χ0n) is 10.8. The molecule has 2 N–H and O–H groups in total. The molecule has 1 aromatic heterocycles. The summed E-state index contributed by atoms with van der Waals surface area (Å²) < 4.78 is 0. The molecular formula is C14H11N3O4. The molecule has 0 spiro atoms. The summed E-state index contributed by atoms with van der Waals surface area (Å²) >= 11 is 0. The molecule has 3 rings (SSSR count). The van der Waals surface area contributed by atoms with Gasteiger partial charge in [-0.05, 0) is 24.3 Å². The number of amides is 1. The van der Waals surface area contributed by atoms with Crippen molar-refractivity contribution in [2.45, 2.75) is 12.5 Å². The second kappa shape index (κ2) is 5.20. The van der Waals surface area contributed by atoms with Gasteiger partial charge in [0.1, 0.15) is 0 Å². The van der Waals surface area contributed by atoms with Gasteiger partial charge in [0.15, 0.2) is 5.71 Å². The van der Waals surface area contributed by atoms with E-state index in [0.29, 0.717) is 5.69 Å². The molecule has 0 saturated heterocycles. The predicted octanol–water partition coefficient (Wildman–Crippen LogP) is 1.40. The van der Waals surface area contributed by atoms with Crippen LogP contribution in [0.3, 0.4) is 0 Å². The lowest BCUT2D eigenvalue weighted by atomic mass is 10.1. The fourth-order valence-electron chi connectivity index (χ4n) is 2.07. The lowest BCUT2D eigenvalue weighted by Gasteiger charge is -2.11. The molecule has 7 nitrogen and oxygen atoms in total. The molecule has 1 atom stereocenters. The van der Waals surface area contributed by atoms with Crippen molar-refractivity contribution in [1.29, 1.82) is 0 Å². The van der Waals surface area contributed by atoms with Crippen molar-refractivity contribution in [1.82, 2.24) is 4.98 Å². The molecule has 0 radical (unpaired) electrons. The Balaban J connectivity index is 1.77. The second-order valence-electron chi connectivity index (χ2n) is 4.51. The van der Waals surface area contributed by atoms with Crippen molar-refractivity contribution in [3.8, 4) is 0 Å². The number of carboxylic acid groups (broad SMARTS) is 1. The molecule has 7 heteroatoms. The van der Waals surface area contributed by atoms with Crippen LogP contribution in [0.5, 0.6) is 0 Å². The van der Waals surface area contributed by atoms with Gasteiger partial charge in [-0.25, -0.2) is 4.79 Å². The summed E-state index contributed by atoms with van der Waals surface area (Å²) in [5, 5.41) is 15.7. The summed E-state index contributed by atoms with van der Waals surface area (Å²) in [4.78, 5) is 31.9. The molecule has 1 unspecified atom stereocenters. The first-order valence-corrected chi connectivity index (χ1v) is 6.26. The summed E-state index contributed by atoms with van der Waals surface area (Å²) in [5.74, 6) is -1.62. The van der Waals surface area contributed by atoms with Gasteiger partial charge in [-0.2, -0.15) is 0 Å². The molecule has 21 heavy (non-hydrogen) atoms. The topological polar surface area (TPSA) is 101 Å². The lowest BCUT2D eigenvalue weighted by molar-refractivity contribution is -0.129. The highest BCUT2D eigenvalue weighted by atomic mass is 16.6. The number of fused-ring (bicyclic) bond motifs is 1. The number of benzene rings is 1. The first-order valence-electron chi connectivity index (χ1n) is 6.26. The van der Waals surface area contributed by atoms with E-state index in [1.165, 1.54) is 0 Å². The minimum atomic E-state index is -1.18. The van der Waals surface area contributed by atoms with Gasteiger partial charge in [0.2, 0.25) is 6.10 Å². The number of rotatable bonds is 3. The molecule has 2 aromatic rings. The van der Waals surface area contributed by atoms with E-state index in [-0.39, 0.29) is 12.1 Å². The van der Waals surface area contributed by atoms with Gasteiger partial charge in [0.25, 0.3) is 5.91 Å². The Morgan fingerprint density at radius 2 is 2.14 bits per heavy atom. The molecule has 1 aliphatic heterocycles. The summed E-state index contributed by atoms with van der Waals surface area (Å²) in [6.45, 7) is 0. The number of nitrogens with one attached hydrogen (secondary N) is 1. The molecule has 0 saturated carbocycles. The van der Waals surface area contributed by atoms with E-state index in [0.717, 1.165) is 10.9 Å². The maximum absolute atomic E-state index is 12.1. The Labute approximate surface area is 119 Å². The molecule has 106 valence electrons. The molecule has 1 aliphatic rings. The fourth-order valence-corrected chi connectivity index (χ4v) is 2.07. The van der Waals surface area contributed by atoms with Gasteiger partial charge in [-0.3, -0.25) is 9.78 Å². The fraction of sp³-hybridized carbons (Fsp3) is 0.143. The Hall–Kier alpha value is -2.96. The van der Waals surface area contributed by atoms with Crippen LogP contribution in [-0.4, -0.2) is 33.8 Å².